The van der Waals surface area contributed by atoms with Gasteiger partial charge in [0.1, 0.15) is 0 Å². The summed E-state index contributed by atoms with van der Waals surface area (Å²) in [5, 5.41) is 2.93. The van der Waals surface area contributed by atoms with Crippen LogP contribution in [0.4, 0.5) is 0 Å². The van der Waals surface area contributed by atoms with E-state index in [0.29, 0.717) is 5.65 Å². The molecule has 3 aromatic rings. The van der Waals surface area contributed by atoms with Crippen molar-refractivity contribution in [1.82, 2.24) is 14.6 Å². The van der Waals surface area contributed by atoms with Gasteiger partial charge in [-0.25, -0.2) is 9.50 Å². The van der Waals surface area contributed by atoms with Crippen LogP contribution >= 0.6 is 15.9 Å². The van der Waals surface area contributed by atoms with E-state index < -0.39 is 0 Å². The molecule has 90 valence electrons. The summed E-state index contributed by atoms with van der Waals surface area (Å²) in [5.74, 6) is 0. The minimum atomic E-state index is -0.0984. The summed E-state index contributed by atoms with van der Waals surface area (Å²) < 4.78 is 2.44. The molecule has 2 aromatic heterocycles. The van der Waals surface area contributed by atoms with Crippen LogP contribution in [0.25, 0.3) is 16.8 Å². The lowest BCUT2D eigenvalue weighted by molar-refractivity contribution is 0.890. The highest BCUT2D eigenvalue weighted by Gasteiger charge is 2.09. The number of hydrogen-bond acceptors (Lipinski definition) is 2. The first-order valence-corrected chi connectivity index (χ1v) is 6.28. The fraction of sp³-hybridized carbons (Fsp3) is 0.0769. The normalized spacial score (nSPS) is 11.0. The number of benzene rings is 1. The first-order valence-electron chi connectivity index (χ1n) is 5.49. The van der Waals surface area contributed by atoms with E-state index in [2.05, 4.69) is 26.0 Å². The SMILES string of the molecule is Cc1cc(=O)n2[nH]cc(-c3cccc(Br)c3)c2n1. The van der Waals surface area contributed by atoms with Crippen LogP contribution in [0.2, 0.25) is 0 Å². The van der Waals surface area contributed by atoms with Crippen molar-refractivity contribution in [2.75, 3.05) is 0 Å². The van der Waals surface area contributed by atoms with Crippen molar-refractivity contribution < 1.29 is 0 Å². The lowest BCUT2D eigenvalue weighted by Crippen LogP contribution is -2.14. The molecule has 0 radical (unpaired) electrons. The molecule has 0 saturated heterocycles. The Bertz CT molecular complexity index is 788. The van der Waals surface area contributed by atoms with Gasteiger partial charge in [-0.2, -0.15) is 0 Å². The topological polar surface area (TPSA) is 50.2 Å². The van der Waals surface area contributed by atoms with Crippen molar-refractivity contribution in [3.05, 3.63) is 57.0 Å². The highest BCUT2D eigenvalue weighted by molar-refractivity contribution is 9.10. The van der Waals surface area contributed by atoms with E-state index in [9.17, 15) is 4.79 Å². The average Bonchev–Trinajstić information content (AvgIpc) is 2.72. The van der Waals surface area contributed by atoms with Gasteiger partial charge >= 0.3 is 0 Å². The molecule has 0 unspecified atom stereocenters. The van der Waals surface area contributed by atoms with Gasteiger partial charge in [0.2, 0.25) is 0 Å². The molecule has 0 fully saturated rings. The molecule has 4 nitrogen and oxygen atoms in total. The number of rotatable bonds is 1. The molecule has 0 atom stereocenters. The third-order valence-corrected chi connectivity index (χ3v) is 3.25. The van der Waals surface area contributed by atoms with Gasteiger partial charge in [-0.1, -0.05) is 28.1 Å². The average molecular weight is 304 g/mol. The van der Waals surface area contributed by atoms with Crippen molar-refractivity contribution in [3.8, 4) is 11.1 Å². The number of aromatic amines is 1. The molecule has 2 heterocycles. The molecule has 0 saturated carbocycles. The number of fused-ring (bicyclic) bond motifs is 1. The molecule has 0 amide bonds. The maximum absolute atomic E-state index is 11.8. The zero-order valence-electron chi connectivity index (χ0n) is 9.64. The zero-order chi connectivity index (χ0) is 12.7. The van der Waals surface area contributed by atoms with Crippen LogP contribution in [-0.2, 0) is 0 Å². The monoisotopic (exact) mass is 303 g/mol. The second kappa shape index (κ2) is 4.10. The zero-order valence-corrected chi connectivity index (χ0v) is 11.2. The Hall–Kier alpha value is -1.88. The molecule has 1 N–H and O–H groups in total. The van der Waals surface area contributed by atoms with Crippen LogP contribution in [-0.4, -0.2) is 14.6 Å². The third-order valence-electron chi connectivity index (χ3n) is 2.76. The first kappa shape index (κ1) is 11.2. The molecule has 0 spiro atoms. The van der Waals surface area contributed by atoms with Crippen molar-refractivity contribution in [3.63, 3.8) is 0 Å². The van der Waals surface area contributed by atoms with E-state index in [1.807, 2.05) is 31.2 Å². The Morgan fingerprint density at radius 2 is 2.17 bits per heavy atom. The highest BCUT2D eigenvalue weighted by Crippen LogP contribution is 2.25. The standard InChI is InChI=1S/C13H10BrN3O/c1-8-5-12(18)17-13(16-8)11(7-15-17)9-3-2-4-10(14)6-9/h2-7,15H,1H3. The van der Waals surface area contributed by atoms with E-state index in [1.165, 1.54) is 10.6 Å². The van der Waals surface area contributed by atoms with Gasteiger partial charge in [0.25, 0.3) is 5.56 Å². The second-order valence-corrected chi connectivity index (χ2v) is 5.01. The van der Waals surface area contributed by atoms with Crippen molar-refractivity contribution in [2.45, 2.75) is 6.92 Å². The van der Waals surface area contributed by atoms with Gasteiger partial charge < -0.3 is 0 Å². The highest BCUT2D eigenvalue weighted by atomic mass is 79.9. The van der Waals surface area contributed by atoms with Crippen LogP contribution in [0.15, 0.2) is 45.8 Å². The number of nitrogens with zero attached hydrogens (tertiary/aromatic N) is 2. The second-order valence-electron chi connectivity index (χ2n) is 4.09. The molecule has 1 aromatic carbocycles. The summed E-state index contributed by atoms with van der Waals surface area (Å²) in [5.41, 5.74) is 3.20. The van der Waals surface area contributed by atoms with Gasteiger partial charge in [0, 0.05) is 28.0 Å². The van der Waals surface area contributed by atoms with Gasteiger partial charge in [-0.15, -0.1) is 0 Å². The Morgan fingerprint density at radius 1 is 1.33 bits per heavy atom. The Balaban J connectivity index is 2.34. The minimum absolute atomic E-state index is 0.0984. The van der Waals surface area contributed by atoms with E-state index in [4.69, 9.17) is 0 Å². The lowest BCUT2D eigenvalue weighted by Gasteiger charge is -2.00. The van der Waals surface area contributed by atoms with E-state index in [0.717, 1.165) is 21.3 Å². The number of aromatic nitrogens is 3. The molecule has 0 aliphatic heterocycles. The summed E-state index contributed by atoms with van der Waals surface area (Å²) in [7, 11) is 0. The van der Waals surface area contributed by atoms with Crippen molar-refractivity contribution in [2.24, 2.45) is 0 Å². The number of hydrogen-bond donors (Lipinski definition) is 1. The lowest BCUT2D eigenvalue weighted by atomic mass is 10.1. The number of halogens is 1. The van der Waals surface area contributed by atoms with Gasteiger partial charge in [0.05, 0.1) is 0 Å². The predicted molar refractivity (Wildman–Crippen MR) is 73.7 cm³/mol. The summed E-state index contributed by atoms with van der Waals surface area (Å²) in [6, 6.07) is 9.41. The number of H-pyrrole nitrogens is 1. The van der Waals surface area contributed by atoms with Gasteiger partial charge in [-0.3, -0.25) is 9.89 Å². The van der Waals surface area contributed by atoms with Crippen LogP contribution < -0.4 is 5.56 Å². The van der Waals surface area contributed by atoms with Gasteiger partial charge in [-0.05, 0) is 24.6 Å². The summed E-state index contributed by atoms with van der Waals surface area (Å²) >= 11 is 3.44. The first-order chi connectivity index (χ1) is 8.65. The Labute approximate surface area is 111 Å². The Kier molecular flexibility index (Phi) is 2.56. The summed E-state index contributed by atoms with van der Waals surface area (Å²) in [4.78, 5) is 16.2. The molecule has 5 heteroatoms. The van der Waals surface area contributed by atoms with Crippen LogP contribution in [0.1, 0.15) is 5.69 Å². The maximum atomic E-state index is 11.8. The molecular weight excluding hydrogens is 294 g/mol. The molecule has 0 aliphatic rings. The van der Waals surface area contributed by atoms with Crippen LogP contribution in [0, 0.1) is 6.92 Å². The predicted octanol–water partition coefficient (Wildman–Crippen LogP) is 2.76. The molecule has 0 aliphatic carbocycles. The molecular formula is C13H10BrN3O. The minimum Gasteiger partial charge on any atom is -0.296 e. The summed E-state index contributed by atoms with van der Waals surface area (Å²) in [6.07, 6.45) is 1.80. The fourth-order valence-corrected chi connectivity index (χ4v) is 2.36. The van der Waals surface area contributed by atoms with E-state index in [1.54, 1.807) is 6.20 Å². The largest absolute Gasteiger partial charge is 0.296 e. The van der Waals surface area contributed by atoms with E-state index in [-0.39, 0.29) is 5.56 Å². The third kappa shape index (κ3) is 1.76. The summed E-state index contributed by atoms with van der Waals surface area (Å²) in [6.45, 7) is 1.82. The van der Waals surface area contributed by atoms with Crippen molar-refractivity contribution >= 4 is 21.6 Å². The van der Waals surface area contributed by atoms with Crippen molar-refractivity contribution in [1.29, 1.82) is 0 Å². The van der Waals surface area contributed by atoms with E-state index >= 15 is 0 Å². The smallest absolute Gasteiger partial charge is 0.272 e. The molecule has 0 bridgehead atoms. The van der Waals surface area contributed by atoms with Gasteiger partial charge in [0.15, 0.2) is 5.65 Å². The Morgan fingerprint density at radius 3 is 2.94 bits per heavy atom. The quantitative estimate of drug-likeness (QED) is 0.751. The fourth-order valence-electron chi connectivity index (χ4n) is 1.96. The van der Waals surface area contributed by atoms with Crippen LogP contribution in [0.3, 0.4) is 0 Å². The molecule has 18 heavy (non-hydrogen) atoms. The molecule has 3 rings (SSSR count). The van der Waals surface area contributed by atoms with Crippen LogP contribution in [0.5, 0.6) is 0 Å². The number of nitrogens with one attached hydrogen (secondary N) is 1. The maximum Gasteiger partial charge on any atom is 0.272 e. The number of aryl methyl sites for hydroxylation is 1.